The van der Waals surface area contributed by atoms with E-state index < -0.39 is 41.0 Å². The Balaban J connectivity index is 1.76. The summed E-state index contributed by atoms with van der Waals surface area (Å²) in [5.41, 5.74) is 0.398. The van der Waals surface area contributed by atoms with E-state index in [-0.39, 0.29) is 24.1 Å². The maximum absolute atomic E-state index is 14.4. The van der Waals surface area contributed by atoms with E-state index in [0.717, 1.165) is 18.2 Å². The number of halogens is 3. The van der Waals surface area contributed by atoms with Crippen LogP contribution in [0.15, 0.2) is 30.3 Å². The first-order chi connectivity index (χ1) is 15.5. The molecule has 2 aliphatic rings. The van der Waals surface area contributed by atoms with Crippen molar-refractivity contribution in [3.63, 3.8) is 0 Å². The van der Waals surface area contributed by atoms with Gasteiger partial charge >= 0.3 is 5.97 Å². The van der Waals surface area contributed by atoms with E-state index in [1.54, 1.807) is 4.57 Å². The van der Waals surface area contributed by atoms with Gasteiger partial charge in [0.05, 0.1) is 18.2 Å². The van der Waals surface area contributed by atoms with Crippen molar-refractivity contribution in [3.05, 3.63) is 59.0 Å². The third-order valence-corrected chi connectivity index (χ3v) is 6.54. The van der Waals surface area contributed by atoms with Crippen molar-refractivity contribution in [2.24, 2.45) is 0 Å². The predicted octanol–water partition coefficient (Wildman–Crippen LogP) is 4.52. The van der Waals surface area contributed by atoms with Crippen LogP contribution in [0.25, 0.3) is 16.6 Å². The van der Waals surface area contributed by atoms with Crippen molar-refractivity contribution >= 4 is 16.9 Å². The Kier molecular flexibility index (Phi) is 4.77. The largest absolute Gasteiger partial charge is 0.507 e. The van der Waals surface area contributed by atoms with Gasteiger partial charge in [0.1, 0.15) is 23.8 Å². The van der Waals surface area contributed by atoms with Gasteiger partial charge in [0.25, 0.3) is 0 Å². The lowest BCUT2D eigenvalue weighted by Crippen LogP contribution is -2.54. The quantitative estimate of drug-likeness (QED) is 0.597. The zero-order valence-electron chi connectivity index (χ0n) is 18.0. The summed E-state index contributed by atoms with van der Waals surface area (Å²) in [6.07, 6.45) is 0.327. The van der Waals surface area contributed by atoms with Crippen molar-refractivity contribution in [2.45, 2.75) is 43.8 Å². The first kappa shape index (κ1) is 21.8. The second-order valence-corrected chi connectivity index (χ2v) is 9.38. The molecule has 1 spiro atoms. The molecule has 33 heavy (non-hydrogen) atoms. The summed E-state index contributed by atoms with van der Waals surface area (Å²) in [6, 6.07) is 5.69. The summed E-state index contributed by atoms with van der Waals surface area (Å²) in [7, 11) is 0. The maximum Gasteiger partial charge on any atom is 0.329 e. The molecule has 1 fully saturated rings. The van der Waals surface area contributed by atoms with Crippen molar-refractivity contribution in [2.75, 3.05) is 13.2 Å². The Bertz CT molecular complexity index is 1290. The lowest BCUT2D eigenvalue weighted by atomic mass is 9.67. The molecule has 0 atom stereocenters. The second-order valence-electron chi connectivity index (χ2n) is 9.38. The molecule has 174 valence electrons. The fourth-order valence-electron chi connectivity index (χ4n) is 5.10. The van der Waals surface area contributed by atoms with Gasteiger partial charge in [-0.25, -0.2) is 18.0 Å². The van der Waals surface area contributed by atoms with E-state index in [0.29, 0.717) is 35.0 Å². The van der Waals surface area contributed by atoms with Gasteiger partial charge in [-0.15, -0.1) is 0 Å². The zero-order chi connectivity index (χ0) is 23.7. The molecule has 0 bridgehead atoms. The minimum absolute atomic E-state index is 0.273. The number of phenolic OH excluding ortho intramolecular Hbond substituents is 1. The number of phenols is 1. The highest BCUT2D eigenvalue weighted by Gasteiger charge is 2.56. The van der Waals surface area contributed by atoms with Crippen LogP contribution in [-0.2, 0) is 25.3 Å². The van der Waals surface area contributed by atoms with Gasteiger partial charge in [-0.05, 0) is 18.2 Å². The molecule has 2 heterocycles. The number of aromatic nitrogens is 1. The normalized spacial score (nSPS) is 23.5. The third kappa shape index (κ3) is 3.29. The van der Waals surface area contributed by atoms with Gasteiger partial charge in [0, 0.05) is 52.7 Å². The summed E-state index contributed by atoms with van der Waals surface area (Å²) < 4.78 is 55.6. The summed E-state index contributed by atoms with van der Waals surface area (Å²) in [6.45, 7) is 3.66. The lowest BCUT2D eigenvalue weighted by molar-refractivity contribution is -0.198. The summed E-state index contributed by atoms with van der Waals surface area (Å²) in [4.78, 5) is 10.9. The van der Waals surface area contributed by atoms with Gasteiger partial charge in [-0.2, -0.15) is 0 Å². The molecule has 1 aliphatic carbocycles. The van der Waals surface area contributed by atoms with Gasteiger partial charge in [0.2, 0.25) is 0 Å². The molecule has 0 saturated heterocycles. The van der Waals surface area contributed by atoms with Crippen LogP contribution in [0.2, 0.25) is 0 Å². The van der Waals surface area contributed by atoms with Gasteiger partial charge in [-0.3, -0.25) is 0 Å². The minimum atomic E-state index is -1.08. The Labute approximate surface area is 187 Å². The molecule has 0 amide bonds. The minimum Gasteiger partial charge on any atom is -0.507 e. The predicted molar refractivity (Wildman–Crippen MR) is 112 cm³/mol. The molecule has 1 aliphatic heterocycles. The molecule has 1 aromatic heterocycles. The van der Waals surface area contributed by atoms with Crippen LogP contribution >= 0.6 is 0 Å². The molecule has 6 nitrogen and oxygen atoms in total. The van der Waals surface area contributed by atoms with Crippen LogP contribution in [0.5, 0.6) is 5.75 Å². The average Bonchev–Trinajstić information content (AvgIpc) is 3.05. The molecule has 0 radical (unpaired) electrons. The highest BCUT2D eigenvalue weighted by Crippen LogP contribution is 2.57. The van der Waals surface area contributed by atoms with Crippen LogP contribution in [0.4, 0.5) is 13.2 Å². The fourth-order valence-corrected chi connectivity index (χ4v) is 5.10. The maximum atomic E-state index is 14.4. The number of carbonyl (C=O) groups is 1. The van der Waals surface area contributed by atoms with E-state index in [4.69, 9.17) is 14.6 Å². The van der Waals surface area contributed by atoms with Crippen LogP contribution in [0, 0.1) is 17.5 Å². The first-order valence-corrected chi connectivity index (χ1v) is 10.5. The number of rotatable bonds is 4. The van der Waals surface area contributed by atoms with Crippen molar-refractivity contribution in [1.82, 2.24) is 4.57 Å². The summed E-state index contributed by atoms with van der Waals surface area (Å²) >= 11 is 0. The smallest absolute Gasteiger partial charge is 0.329 e. The van der Waals surface area contributed by atoms with E-state index in [2.05, 4.69) is 0 Å². The number of hydrogen-bond acceptors (Lipinski definition) is 4. The van der Waals surface area contributed by atoms with Crippen molar-refractivity contribution in [1.29, 1.82) is 0 Å². The molecule has 5 rings (SSSR count). The number of carboxylic acid groups (broad SMARTS) is 1. The summed E-state index contributed by atoms with van der Waals surface area (Å²) in [5.74, 6) is -4.10. The summed E-state index contributed by atoms with van der Waals surface area (Å²) in [5, 5.41) is 20.0. The highest BCUT2D eigenvalue weighted by molar-refractivity contribution is 5.94. The number of carboxylic acids is 1. The van der Waals surface area contributed by atoms with Gasteiger partial charge in [-0.1, -0.05) is 13.8 Å². The average molecular weight is 461 g/mol. The number of nitrogens with zero attached hydrogens (tertiary/aromatic N) is 1. The number of fused-ring (bicyclic) bond motifs is 4. The number of aromatic hydroxyl groups is 1. The molecule has 9 heteroatoms. The molecule has 1 saturated carbocycles. The van der Waals surface area contributed by atoms with E-state index in [1.165, 1.54) is 12.1 Å². The standard InChI is InChI=1S/C24H22F3NO5/c1-23(2)11-33-24(8-14(9-24)32-10-19(30)31)21-20-17(5-12(25)6-18(20)29)28(22(21)23)13-3-4-15(26)16(27)7-13/h3-7,14,29H,8-11H2,1-2H3,(H,30,31)/t14-,24+. The molecule has 3 aromatic rings. The SMILES string of the molecule is CC1(C)CO[C@]2(C[C@@H](OCC(=O)O)C2)c2c1n(-c1ccc(F)c(F)c1)c1cc(F)cc(O)c12. The molecule has 0 unspecified atom stereocenters. The van der Waals surface area contributed by atoms with Crippen LogP contribution in [0.3, 0.4) is 0 Å². The fraction of sp³-hybridized carbons (Fsp3) is 0.375. The third-order valence-electron chi connectivity index (χ3n) is 6.54. The molecular weight excluding hydrogens is 439 g/mol. The molecule has 2 N–H and O–H groups in total. The Morgan fingerprint density at radius 2 is 1.91 bits per heavy atom. The zero-order valence-corrected chi connectivity index (χ0v) is 18.0. The monoisotopic (exact) mass is 461 g/mol. The van der Waals surface area contributed by atoms with Crippen LogP contribution in [0.1, 0.15) is 37.9 Å². The Hall–Kier alpha value is -3.04. The Morgan fingerprint density at radius 1 is 1.18 bits per heavy atom. The first-order valence-electron chi connectivity index (χ1n) is 10.5. The van der Waals surface area contributed by atoms with Gasteiger partial charge in [0.15, 0.2) is 11.6 Å². The molecule has 2 aromatic carbocycles. The van der Waals surface area contributed by atoms with E-state index in [9.17, 15) is 23.1 Å². The van der Waals surface area contributed by atoms with E-state index >= 15 is 0 Å². The van der Waals surface area contributed by atoms with Crippen molar-refractivity contribution < 1.29 is 37.7 Å². The number of benzene rings is 2. The topological polar surface area (TPSA) is 80.9 Å². The van der Waals surface area contributed by atoms with Gasteiger partial charge < -0.3 is 24.3 Å². The van der Waals surface area contributed by atoms with Crippen molar-refractivity contribution in [3.8, 4) is 11.4 Å². The van der Waals surface area contributed by atoms with E-state index in [1.807, 2.05) is 13.8 Å². The van der Waals surface area contributed by atoms with Crippen LogP contribution in [-0.4, -0.2) is 40.1 Å². The molecular formula is C24H22F3NO5. The number of aliphatic carboxylic acids is 1. The Morgan fingerprint density at radius 3 is 2.58 bits per heavy atom. The number of hydrogen-bond donors (Lipinski definition) is 2. The number of ether oxygens (including phenoxy) is 2. The highest BCUT2D eigenvalue weighted by atomic mass is 19.2. The lowest BCUT2D eigenvalue weighted by Gasteiger charge is -2.52. The van der Waals surface area contributed by atoms with Crippen LogP contribution < -0.4 is 0 Å². The second kappa shape index (κ2) is 7.23.